The van der Waals surface area contributed by atoms with Crippen LogP contribution in [0.5, 0.6) is 0 Å². The Morgan fingerprint density at radius 1 is 0.760 bits per heavy atom. The number of carbonyl (C=O) groups is 1. The van der Waals surface area contributed by atoms with Crippen LogP contribution in [0.2, 0.25) is 0 Å². The lowest BCUT2D eigenvalue weighted by atomic mass is 10.1. The van der Waals surface area contributed by atoms with Crippen LogP contribution >= 0.6 is 0 Å². The van der Waals surface area contributed by atoms with Crippen LogP contribution in [0, 0.1) is 0 Å². The van der Waals surface area contributed by atoms with Gasteiger partial charge in [-0.1, -0.05) is 51.9 Å². The predicted octanol–water partition coefficient (Wildman–Crippen LogP) is 5.04. The highest BCUT2D eigenvalue weighted by atomic mass is 28.4. The Kier molecular flexibility index (Phi) is 15.5. The fourth-order valence-corrected chi connectivity index (χ4v) is 5.86. The van der Waals surface area contributed by atoms with E-state index < -0.39 is 14.5 Å². The molecule has 0 N–H and O–H groups in total. The predicted molar refractivity (Wildman–Crippen MR) is 103 cm³/mol. The second kappa shape index (κ2) is 15.8. The number of hydrogen-bond donors (Lipinski definition) is 0. The van der Waals surface area contributed by atoms with E-state index in [9.17, 15) is 4.79 Å². The zero-order valence-corrected chi connectivity index (χ0v) is 18.1. The molecule has 0 aliphatic heterocycles. The summed E-state index contributed by atoms with van der Waals surface area (Å²) in [6.07, 6.45) is 10.6. The van der Waals surface area contributed by atoms with Crippen LogP contribution < -0.4 is 0 Å². The lowest BCUT2D eigenvalue weighted by Gasteiger charge is -2.34. The minimum Gasteiger partial charge on any atom is -0.458 e. The third-order valence-electron chi connectivity index (χ3n) is 4.06. The molecule has 6 heteroatoms. The lowest BCUT2D eigenvalue weighted by Crippen LogP contribution is -2.58. The van der Waals surface area contributed by atoms with Crippen molar-refractivity contribution in [2.45, 2.75) is 98.1 Å². The minimum atomic E-state index is -3.02. The normalized spacial score (nSPS) is 13.0. The van der Waals surface area contributed by atoms with Gasteiger partial charge in [0.25, 0.3) is 0 Å². The number of hydrogen-bond acceptors (Lipinski definition) is 5. The highest BCUT2D eigenvalue weighted by Gasteiger charge is 2.51. The van der Waals surface area contributed by atoms with Gasteiger partial charge in [-0.05, 0) is 33.6 Å². The van der Waals surface area contributed by atoms with Crippen molar-refractivity contribution in [1.82, 2.24) is 0 Å². The van der Waals surface area contributed by atoms with E-state index in [4.69, 9.17) is 18.0 Å². The van der Waals surface area contributed by atoms with E-state index in [1.54, 1.807) is 0 Å². The van der Waals surface area contributed by atoms with Gasteiger partial charge in [-0.15, -0.1) is 0 Å². The molecule has 0 saturated carbocycles. The number of ether oxygens (including phenoxy) is 1. The Bertz CT molecular complexity index is 308. The van der Waals surface area contributed by atoms with Gasteiger partial charge in [0, 0.05) is 26.7 Å². The van der Waals surface area contributed by atoms with Crippen LogP contribution in [0.3, 0.4) is 0 Å². The number of rotatable bonds is 17. The van der Waals surface area contributed by atoms with Gasteiger partial charge in [0.15, 0.2) is 5.73 Å². The molecular weight excluding hydrogens is 336 g/mol. The quantitative estimate of drug-likeness (QED) is 0.202. The summed E-state index contributed by atoms with van der Waals surface area (Å²) in [5, 5.41) is 0. The molecule has 0 heterocycles. The largest absolute Gasteiger partial charge is 0.544 e. The molecule has 0 aromatic rings. The number of unbranched alkanes of at least 4 members (excludes halogenated alkanes) is 7. The van der Waals surface area contributed by atoms with Gasteiger partial charge in [-0.25, -0.2) is 0 Å². The Morgan fingerprint density at radius 3 is 1.60 bits per heavy atom. The summed E-state index contributed by atoms with van der Waals surface area (Å²) in [6.45, 7) is 10.9. The zero-order chi connectivity index (χ0) is 19.0. The average Bonchev–Trinajstić information content (AvgIpc) is 2.56. The first kappa shape index (κ1) is 24.6. The van der Waals surface area contributed by atoms with Crippen molar-refractivity contribution < 1.29 is 22.8 Å². The molecule has 0 fully saturated rings. The first-order valence-corrected chi connectivity index (χ1v) is 11.9. The molecule has 150 valence electrons. The monoisotopic (exact) mass is 376 g/mol. The van der Waals surface area contributed by atoms with Crippen LogP contribution in [-0.4, -0.2) is 40.3 Å². The molecule has 0 amide bonds. The van der Waals surface area contributed by atoms with Crippen molar-refractivity contribution in [2.75, 3.05) is 19.8 Å². The van der Waals surface area contributed by atoms with E-state index in [0.29, 0.717) is 19.8 Å². The second-order valence-corrected chi connectivity index (χ2v) is 8.98. The summed E-state index contributed by atoms with van der Waals surface area (Å²) in [7, 11) is -3.02. The van der Waals surface area contributed by atoms with Gasteiger partial charge < -0.3 is 18.0 Å². The van der Waals surface area contributed by atoms with Crippen molar-refractivity contribution in [1.29, 1.82) is 0 Å². The van der Waals surface area contributed by atoms with E-state index in [2.05, 4.69) is 6.92 Å². The molecule has 0 spiro atoms. The van der Waals surface area contributed by atoms with Crippen molar-refractivity contribution in [3.05, 3.63) is 0 Å². The number of carbonyl (C=O) groups excluding carboxylic acids is 1. The molecule has 0 radical (unpaired) electrons. The van der Waals surface area contributed by atoms with Crippen LogP contribution in [0.1, 0.15) is 92.4 Å². The molecule has 5 nitrogen and oxygen atoms in total. The summed E-state index contributed by atoms with van der Waals surface area (Å²) in [5.74, 6) is -0.305. The standard InChI is InChI=1S/C19H40O5Si/c1-6-10-11-12-13-14-15-16-17-19(24-18(5)20)25(21-7-2,22-8-3)23-9-4/h19H,6-17H2,1-5H3. The van der Waals surface area contributed by atoms with Crippen LogP contribution in [0.25, 0.3) is 0 Å². The van der Waals surface area contributed by atoms with Crippen molar-refractivity contribution in [3.8, 4) is 0 Å². The number of esters is 1. The van der Waals surface area contributed by atoms with Gasteiger partial charge in [-0.3, -0.25) is 4.79 Å². The highest BCUT2D eigenvalue weighted by Crippen LogP contribution is 2.23. The summed E-state index contributed by atoms with van der Waals surface area (Å²) in [4.78, 5) is 11.6. The molecule has 1 atom stereocenters. The summed E-state index contributed by atoms with van der Waals surface area (Å²) in [6, 6.07) is 0. The summed E-state index contributed by atoms with van der Waals surface area (Å²) < 4.78 is 23.3. The zero-order valence-electron chi connectivity index (χ0n) is 17.1. The summed E-state index contributed by atoms with van der Waals surface area (Å²) >= 11 is 0. The van der Waals surface area contributed by atoms with Crippen LogP contribution in [0.15, 0.2) is 0 Å². The maximum Gasteiger partial charge on any atom is 0.544 e. The van der Waals surface area contributed by atoms with Crippen molar-refractivity contribution >= 4 is 14.8 Å². The topological polar surface area (TPSA) is 54.0 Å². The van der Waals surface area contributed by atoms with Crippen molar-refractivity contribution in [3.63, 3.8) is 0 Å². The molecular formula is C19H40O5Si. The molecule has 0 bridgehead atoms. The Morgan fingerprint density at radius 2 is 1.20 bits per heavy atom. The molecule has 0 aliphatic rings. The summed E-state index contributed by atoms with van der Waals surface area (Å²) in [5.41, 5.74) is -0.412. The lowest BCUT2D eigenvalue weighted by molar-refractivity contribution is -0.146. The third-order valence-corrected chi connectivity index (χ3v) is 7.33. The fraction of sp³-hybridized carbons (Fsp3) is 0.947. The minimum absolute atomic E-state index is 0.305. The van der Waals surface area contributed by atoms with Gasteiger partial charge in [-0.2, -0.15) is 0 Å². The maximum absolute atomic E-state index is 11.6. The molecule has 0 aromatic carbocycles. The van der Waals surface area contributed by atoms with Crippen LogP contribution in [-0.2, 0) is 22.8 Å². The smallest absolute Gasteiger partial charge is 0.458 e. The molecule has 25 heavy (non-hydrogen) atoms. The Labute approximate surface area is 156 Å². The average molecular weight is 377 g/mol. The molecule has 0 saturated heterocycles. The molecule has 0 aliphatic carbocycles. The van der Waals surface area contributed by atoms with E-state index >= 15 is 0 Å². The maximum atomic E-state index is 11.6. The van der Waals surface area contributed by atoms with Gasteiger partial charge in [0.2, 0.25) is 0 Å². The first-order chi connectivity index (χ1) is 12.1. The highest BCUT2D eigenvalue weighted by molar-refractivity contribution is 6.62. The van der Waals surface area contributed by atoms with Gasteiger partial charge in [0.1, 0.15) is 0 Å². The molecule has 0 aromatic heterocycles. The fourth-order valence-electron chi connectivity index (χ4n) is 2.98. The Hall–Kier alpha value is -0.433. The Balaban J connectivity index is 4.59. The third kappa shape index (κ3) is 11.0. The van der Waals surface area contributed by atoms with Gasteiger partial charge in [0.05, 0.1) is 0 Å². The second-order valence-electron chi connectivity index (χ2n) is 6.26. The van der Waals surface area contributed by atoms with E-state index in [1.807, 2.05) is 20.8 Å². The van der Waals surface area contributed by atoms with E-state index in [-0.39, 0.29) is 5.97 Å². The SMILES string of the molecule is CCCCCCCCCCC(OC(C)=O)[Si](OCC)(OCC)OCC. The van der Waals surface area contributed by atoms with E-state index in [0.717, 1.165) is 19.3 Å². The van der Waals surface area contributed by atoms with E-state index in [1.165, 1.54) is 45.4 Å². The van der Waals surface area contributed by atoms with Crippen LogP contribution in [0.4, 0.5) is 0 Å². The molecule has 1 unspecified atom stereocenters. The molecule has 0 rings (SSSR count). The first-order valence-electron chi connectivity index (χ1n) is 10.1. The van der Waals surface area contributed by atoms with Gasteiger partial charge >= 0.3 is 14.8 Å². The van der Waals surface area contributed by atoms with Crippen molar-refractivity contribution in [2.24, 2.45) is 0 Å².